The normalized spacial score (nSPS) is 11.3. The number of hydrogen-bond acceptors (Lipinski definition) is 4. The summed E-state index contributed by atoms with van der Waals surface area (Å²) in [5.41, 5.74) is 4.69. The maximum Gasteiger partial charge on any atom is 0.149 e. The van der Waals surface area contributed by atoms with Crippen molar-refractivity contribution >= 4 is 22.7 Å². The van der Waals surface area contributed by atoms with Gasteiger partial charge in [0.05, 0.1) is 28.2 Å². The molecule has 0 radical (unpaired) electrons. The molecule has 0 spiro atoms. The van der Waals surface area contributed by atoms with Crippen LogP contribution in [0.15, 0.2) is 59.0 Å². The van der Waals surface area contributed by atoms with E-state index >= 15 is 0 Å². The number of fused-ring (bicyclic) bond motifs is 1. The van der Waals surface area contributed by atoms with Gasteiger partial charge in [-0.1, -0.05) is 6.07 Å². The second kappa shape index (κ2) is 6.67. The molecule has 128 valence electrons. The van der Waals surface area contributed by atoms with E-state index < -0.39 is 0 Å². The van der Waals surface area contributed by atoms with Gasteiger partial charge in [-0.05, 0) is 61.0 Å². The summed E-state index contributed by atoms with van der Waals surface area (Å²) >= 11 is 0. The molecular weight excluding hydrogens is 336 g/mol. The highest BCUT2D eigenvalue weighted by molar-refractivity contribution is 5.89. The standard InChI is InChI=1S/C22H14N4O/c1-14-2-8-19-20(10-14)26-22(25-19)17(13-24)11-18-7-9-21(27-18)16-5-3-15(12-23)4-6-16/h2-11H,1H3,(H,25,26)/b17-11+. The average molecular weight is 350 g/mol. The number of nitrogens with zero attached hydrogens (tertiary/aromatic N) is 3. The average Bonchev–Trinajstić information content (AvgIpc) is 3.32. The molecule has 0 saturated carbocycles. The van der Waals surface area contributed by atoms with Crippen molar-refractivity contribution in [3.05, 3.63) is 77.3 Å². The molecule has 27 heavy (non-hydrogen) atoms. The van der Waals surface area contributed by atoms with Crippen molar-refractivity contribution in [1.29, 1.82) is 10.5 Å². The van der Waals surface area contributed by atoms with Crippen LogP contribution in [0, 0.1) is 29.6 Å². The van der Waals surface area contributed by atoms with Gasteiger partial charge in [-0.25, -0.2) is 4.98 Å². The highest BCUT2D eigenvalue weighted by Crippen LogP contribution is 2.25. The van der Waals surface area contributed by atoms with Crippen molar-refractivity contribution in [1.82, 2.24) is 9.97 Å². The van der Waals surface area contributed by atoms with Crippen LogP contribution in [0.3, 0.4) is 0 Å². The lowest BCUT2D eigenvalue weighted by atomic mass is 10.1. The van der Waals surface area contributed by atoms with Gasteiger partial charge in [-0.15, -0.1) is 0 Å². The SMILES string of the molecule is Cc1ccc2nc(/C(C#N)=C/c3ccc(-c4ccc(C#N)cc4)o3)[nH]c2c1. The summed E-state index contributed by atoms with van der Waals surface area (Å²) in [6.07, 6.45) is 1.66. The number of allylic oxidation sites excluding steroid dienone is 1. The lowest BCUT2D eigenvalue weighted by Crippen LogP contribution is -1.84. The number of aromatic nitrogens is 2. The summed E-state index contributed by atoms with van der Waals surface area (Å²) in [4.78, 5) is 7.67. The Morgan fingerprint density at radius 1 is 1.07 bits per heavy atom. The number of benzene rings is 2. The van der Waals surface area contributed by atoms with E-state index in [9.17, 15) is 5.26 Å². The fourth-order valence-electron chi connectivity index (χ4n) is 2.84. The van der Waals surface area contributed by atoms with Crippen molar-refractivity contribution in [2.24, 2.45) is 0 Å². The predicted molar refractivity (Wildman–Crippen MR) is 103 cm³/mol. The van der Waals surface area contributed by atoms with E-state index in [4.69, 9.17) is 9.68 Å². The number of aromatic amines is 1. The number of imidazole rings is 1. The Balaban J connectivity index is 1.67. The van der Waals surface area contributed by atoms with Crippen LogP contribution >= 0.6 is 0 Å². The van der Waals surface area contributed by atoms with Crippen LogP contribution in [0.2, 0.25) is 0 Å². The van der Waals surface area contributed by atoms with Crippen molar-refractivity contribution in [2.75, 3.05) is 0 Å². The van der Waals surface area contributed by atoms with E-state index in [2.05, 4.69) is 22.1 Å². The van der Waals surface area contributed by atoms with E-state index in [0.717, 1.165) is 22.2 Å². The van der Waals surface area contributed by atoms with Crippen molar-refractivity contribution in [2.45, 2.75) is 6.92 Å². The Kier molecular flexibility index (Phi) is 4.04. The van der Waals surface area contributed by atoms with E-state index in [1.165, 1.54) is 0 Å². The Morgan fingerprint density at radius 2 is 1.89 bits per heavy atom. The van der Waals surface area contributed by atoms with Crippen LogP contribution in [-0.4, -0.2) is 9.97 Å². The second-order valence-electron chi connectivity index (χ2n) is 6.17. The van der Waals surface area contributed by atoms with Crippen LogP contribution < -0.4 is 0 Å². The summed E-state index contributed by atoms with van der Waals surface area (Å²) in [6, 6.07) is 21.0. The first-order chi connectivity index (χ1) is 13.2. The molecule has 2 aromatic carbocycles. The van der Waals surface area contributed by atoms with Gasteiger partial charge in [0.25, 0.3) is 0 Å². The molecule has 0 atom stereocenters. The van der Waals surface area contributed by atoms with E-state index in [1.807, 2.05) is 43.3 Å². The smallest absolute Gasteiger partial charge is 0.149 e. The third kappa shape index (κ3) is 3.22. The minimum atomic E-state index is 0.393. The largest absolute Gasteiger partial charge is 0.457 e. The molecule has 0 bridgehead atoms. The number of rotatable bonds is 3. The van der Waals surface area contributed by atoms with Crippen LogP contribution in [0.4, 0.5) is 0 Å². The maximum atomic E-state index is 9.55. The van der Waals surface area contributed by atoms with Gasteiger partial charge in [0.15, 0.2) is 0 Å². The van der Waals surface area contributed by atoms with Gasteiger partial charge in [0.1, 0.15) is 23.4 Å². The summed E-state index contributed by atoms with van der Waals surface area (Å²) in [7, 11) is 0. The molecule has 0 aliphatic carbocycles. The molecular formula is C22H14N4O. The van der Waals surface area contributed by atoms with Gasteiger partial charge in [0, 0.05) is 11.6 Å². The van der Waals surface area contributed by atoms with Crippen LogP contribution in [0.5, 0.6) is 0 Å². The Morgan fingerprint density at radius 3 is 2.63 bits per heavy atom. The molecule has 0 amide bonds. The molecule has 4 rings (SSSR count). The summed E-state index contributed by atoms with van der Waals surface area (Å²) in [5, 5.41) is 18.4. The second-order valence-corrected chi connectivity index (χ2v) is 6.17. The number of nitrogens with one attached hydrogen (secondary N) is 1. The third-order valence-corrected chi connectivity index (χ3v) is 4.22. The van der Waals surface area contributed by atoms with Crippen LogP contribution in [0.1, 0.15) is 22.7 Å². The molecule has 5 nitrogen and oxygen atoms in total. The molecule has 2 aromatic heterocycles. The zero-order chi connectivity index (χ0) is 18.8. The van der Waals surface area contributed by atoms with Crippen molar-refractivity contribution < 1.29 is 4.42 Å². The molecule has 2 heterocycles. The highest BCUT2D eigenvalue weighted by Gasteiger charge is 2.10. The Hall–Kier alpha value is -4.09. The fraction of sp³-hybridized carbons (Fsp3) is 0.0455. The molecule has 0 aliphatic rings. The zero-order valence-corrected chi connectivity index (χ0v) is 14.5. The molecule has 0 saturated heterocycles. The number of hydrogen-bond donors (Lipinski definition) is 1. The van der Waals surface area contributed by atoms with E-state index in [-0.39, 0.29) is 0 Å². The summed E-state index contributed by atoms with van der Waals surface area (Å²) in [6.45, 7) is 2.01. The zero-order valence-electron chi connectivity index (χ0n) is 14.5. The molecule has 1 N–H and O–H groups in total. The predicted octanol–water partition coefficient (Wildman–Crippen LogP) is 5.07. The quantitative estimate of drug-likeness (QED) is 0.523. The monoisotopic (exact) mass is 350 g/mol. The first-order valence-electron chi connectivity index (χ1n) is 8.35. The highest BCUT2D eigenvalue weighted by atomic mass is 16.3. The van der Waals surface area contributed by atoms with Crippen molar-refractivity contribution in [3.8, 4) is 23.5 Å². The van der Waals surface area contributed by atoms with Gasteiger partial charge < -0.3 is 9.40 Å². The maximum absolute atomic E-state index is 9.55. The first kappa shape index (κ1) is 16.4. The molecule has 0 aliphatic heterocycles. The number of furan rings is 1. The van der Waals surface area contributed by atoms with Crippen LogP contribution in [-0.2, 0) is 0 Å². The topological polar surface area (TPSA) is 89.4 Å². The molecule has 5 heteroatoms. The lowest BCUT2D eigenvalue weighted by Gasteiger charge is -1.96. The third-order valence-electron chi connectivity index (χ3n) is 4.22. The molecule has 0 fully saturated rings. The van der Waals surface area contributed by atoms with Gasteiger partial charge >= 0.3 is 0 Å². The summed E-state index contributed by atoms with van der Waals surface area (Å²) < 4.78 is 5.84. The fourth-order valence-corrected chi connectivity index (χ4v) is 2.84. The van der Waals surface area contributed by atoms with Crippen LogP contribution in [0.25, 0.3) is 34.0 Å². The number of aryl methyl sites for hydroxylation is 1. The Bertz CT molecular complexity index is 1240. The minimum Gasteiger partial charge on any atom is -0.457 e. The van der Waals surface area contributed by atoms with E-state index in [1.54, 1.807) is 24.3 Å². The molecule has 0 unspecified atom stereocenters. The Labute approximate surface area is 155 Å². The number of nitriles is 2. The summed E-state index contributed by atoms with van der Waals surface area (Å²) in [5.74, 6) is 1.74. The molecule has 4 aromatic rings. The van der Waals surface area contributed by atoms with E-state index in [0.29, 0.717) is 28.5 Å². The van der Waals surface area contributed by atoms with Gasteiger partial charge in [0.2, 0.25) is 0 Å². The number of H-pyrrole nitrogens is 1. The first-order valence-corrected chi connectivity index (χ1v) is 8.35. The van der Waals surface area contributed by atoms with Crippen molar-refractivity contribution in [3.63, 3.8) is 0 Å². The van der Waals surface area contributed by atoms with Gasteiger partial charge in [-0.2, -0.15) is 10.5 Å². The van der Waals surface area contributed by atoms with Gasteiger partial charge in [-0.3, -0.25) is 0 Å². The minimum absolute atomic E-state index is 0.393. The lowest BCUT2D eigenvalue weighted by molar-refractivity contribution is 0.572.